The lowest BCUT2D eigenvalue weighted by Crippen LogP contribution is -2.34. The van der Waals surface area contributed by atoms with E-state index >= 15 is 0 Å². The Hall–Kier alpha value is -8.02. The minimum Gasteiger partial charge on any atom is -0.458 e. The van der Waals surface area contributed by atoms with Crippen molar-refractivity contribution in [1.29, 1.82) is 0 Å². The van der Waals surface area contributed by atoms with E-state index in [9.17, 15) is 35.6 Å². The van der Waals surface area contributed by atoms with Crippen LogP contribution in [0.15, 0.2) is 182 Å². The largest absolute Gasteiger partial charge is 0.458 e. The summed E-state index contributed by atoms with van der Waals surface area (Å²) < 4.78 is 368. The second kappa shape index (κ2) is 19.3. The van der Waals surface area contributed by atoms with E-state index < -0.39 is 188 Å². The second-order valence-electron chi connectivity index (χ2n) is 23.3. The van der Waals surface area contributed by atoms with E-state index in [0.29, 0.717) is 22.5 Å². The molecule has 2 aliphatic rings. The van der Waals surface area contributed by atoms with Gasteiger partial charge < -0.3 is 4.74 Å². The Kier molecular flexibility index (Phi) is 6.10. The normalized spacial score (nSPS) is 26.6. The van der Waals surface area contributed by atoms with E-state index in [0.717, 1.165) is 50.2 Å². The SMILES string of the molecule is [2H]c1c([2H])c2c(c([2H])c1-c1cccc(-c3c([2H])c([2H])c4c(c3[2H])C(C([2H])([2H])[2H])(C([2H])([2H])[2H])C([2H])([2H])C([2H])([2H])C4(C([2H])([2H])[2H])C([2H])([2H])[2H])c1-[n+]1[c-]n(-c3cccc(Oc4ccc5c6ccccc6n(-c6cc(C(C)(C)C)ccn6)c5c4)c3)c3cc(-c4ccc(C(C)(C)C)cc4)ccc31)C(C([2H])([2H])[2H])(C([2H])([2H])[2H])C([2H])([2H])C([2H])([2H])C2(C([2H])([2H])[2H])C([2H])([2H])[2H]. The highest BCUT2D eigenvalue weighted by atomic mass is 16.5. The highest BCUT2D eigenvalue weighted by Gasteiger charge is 2.39. The van der Waals surface area contributed by atoms with Crippen molar-refractivity contribution in [1.82, 2.24) is 14.1 Å². The van der Waals surface area contributed by atoms with E-state index in [2.05, 4.69) is 27.1 Å². The predicted molar refractivity (Wildman–Crippen MR) is 347 cm³/mol. The molecule has 0 spiro atoms. The number of aromatic nitrogens is 4. The summed E-state index contributed by atoms with van der Waals surface area (Å²) in [6.07, 6.45) is -14.4. The van der Waals surface area contributed by atoms with Gasteiger partial charge in [0.2, 0.25) is 0 Å². The van der Waals surface area contributed by atoms with Gasteiger partial charge in [-0.1, -0.05) is 211 Å². The molecule has 0 bridgehead atoms. The first-order valence-electron chi connectivity index (χ1n) is 45.8. The number of ether oxygens (including phenoxy) is 1. The fraction of sp³-hybridized carbons (Fsp3) is 0.308. The lowest BCUT2D eigenvalue weighted by atomic mass is 9.62. The molecular weight excluding hydrogens is 1010 g/mol. The number of nitrogens with zero attached hydrogens (tertiary/aromatic N) is 4. The Morgan fingerprint density at radius 3 is 1.72 bits per heavy atom. The summed E-state index contributed by atoms with van der Waals surface area (Å²) in [7, 11) is 0. The molecule has 0 N–H and O–H groups in total. The maximum atomic E-state index is 10.6. The first-order chi connectivity index (χ1) is 55.0. The third-order valence-electron chi connectivity index (χ3n) is 15.3. The van der Waals surface area contributed by atoms with Gasteiger partial charge in [0.15, 0.2) is 0 Å². The van der Waals surface area contributed by atoms with Crippen molar-refractivity contribution in [3.05, 3.63) is 222 Å². The van der Waals surface area contributed by atoms with Crippen molar-refractivity contribution in [2.45, 2.75) is 154 Å². The lowest BCUT2D eigenvalue weighted by Gasteiger charge is -2.42. The Morgan fingerprint density at radius 2 is 1.10 bits per heavy atom. The van der Waals surface area contributed by atoms with Crippen LogP contribution in [0.1, 0.15) is 207 Å². The second-order valence-corrected chi connectivity index (χ2v) is 23.3. The van der Waals surface area contributed by atoms with Gasteiger partial charge >= 0.3 is 0 Å². The molecule has 5 heteroatoms. The fourth-order valence-corrected chi connectivity index (χ4v) is 10.9. The van der Waals surface area contributed by atoms with Crippen LogP contribution < -0.4 is 9.30 Å². The number of hydrogen-bond donors (Lipinski definition) is 0. The van der Waals surface area contributed by atoms with Gasteiger partial charge in [0.25, 0.3) is 6.33 Å². The molecular formula is C78H80N4O. The van der Waals surface area contributed by atoms with Crippen LogP contribution in [0.2, 0.25) is 0 Å². The van der Waals surface area contributed by atoms with Crippen molar-refractivity contribution in [3.8, 4) is 62.1 Å². The van der Waals surface area contributed by atoms with Crippen LogP contribution in [0.25, 0.3) is 83.4 Å². The molecule has 83 heavy (non-hydrogen) atoms. The number of imidazole rings is 1. The van der Waals surface area contributed by atoms with Crippen molar-refractivity contribution in [3.63, 3.8) is 0 Å². The van der Waals surface area contributed by atoms with Gasteiger partial charge in [-0.05, 0) is 179 Å². The minimum atomic E-state index is -4.87. The third kappa shape index (κ3) is 9.49. The molecule has 0 saturated carbocycles. The number of hydrogen-bond acceptors (Lipinski definition) is 2. The molecule has 0 fully saturated rings. The first kappa shape index (κ1) is 26.3. The highest BCUT2D eigenvalue weighted by Crippen LogP contribution is 2.50. The standard InChI is InChI=1S/C78H80N4O/c1-73(2,3)54-30-25-50(26-31-54)51-29-36-68-70(45-51)80(56-19-17-20-57(47-56)83-58-32-33-62-61-21-15-16-24-67(61)82(69(62)48-58)71-46-55(37-42-79-71)74(4,5)6)49-81(68)72-59(52-27-34-63-65(43-52)77(11,12)40-38-75(63,7)8)22-18-23-60(72)53-28-35-64-66(44-53)78(13,14)41-39-76(64,9)10/h15-37,42-48H,38-41H2,1-14H3/i7D3,8D3,9D3,10D3,11D3,12D3,13D3,14D3,27D,28D,34D,35D,38D2,39D2,40D2,41D2,43D,44D. The van der Waals surface area contributed by atoms with Crippen LogP contribution in [-0.2, 0) is 32.5 Å². The monoisotopic (exact) mass is 1130 g/mol. The van der Waals surface area contributed by atoms with E-state index in [1.807, 2.05) is 92.1 Å². The van der Waals surface area contributed by atoms with Gasteiger partial charge in [0.1, 0.15) is 17.3 Å². The average molecular weight is 1130 g/mol. The topological polar surface area (TPSA) is 35.9 Å². The molecule has 3 aromatic heterocycles. The fourth-order valence-electron chi connectivity index (χ4n) is 10.9. The van der Waals surface area contributed by atoms with E-state index in [1.54, 1.807) is 48.7 Å². The summed E-state index contributed by atoms with van der Waals surface area (Å²) in [6, 6.07) is 27.5. The smallest absolute Gasteiger partial charge is 0.269 e. The van der Waals surface area contributed by atoms with Crippen molar-refractivity contribution in [2.75, 3.05) is 0 Å². The van der Waals surface area contributed by atoms with Crippen LogP contribution in [-0.4, -0.2) is 14.1 Å². The van der Waals surface area contributed by atoms with Gasteiger partial charge in [-0.15, -0.1) is 0 Å². The molecule has 8 aromatic carbocycles. The number of fused-ring (bicyclic) bond motifs is 6. The summed E-state index contributed by atoms with van der Waals surface area (Å²) in [5, 5.41) is 1.70. The summed E-state index contributed by atoms with van der Waals surface area (Å²) in [5.74, 6) is 0.997. The van der Waals surface area contributed by atoms with Crippen LogP contribution in [0.5, 0.6) is 11.5 Å². The van der Waals surface area contributed by atoms with Gasteiger partial charge in [-0.3, -0.25) is 13.7 Å². The number of para-hydroxylation sites is 2. The predicted octanol–water partition coefficient (Wildman–Crippen LogP) is 20.3. The molecule has 13 rings (SSSR count). The number of rotatable bonds is 8. The molecule has 418 valence electrons. The van der Waals surface area contributed by atoms with Gasteiger partial charge in [0.05, 0.1) is 41.7 Å². The molecule has 0 aliphatic heterocycles. The maximum absolute atomic E-state index is 10.6. The first-order valence-corrected chi connectivity index (χ1v) is 26.8. The Labute approximate surface area is 546 Å². The zero-order valence-electron chi connectivity index (χ0n) is 84.1. The molecule has 3 heterocycles. The zero-order valence-corrected chi connectivity index (χ0v) is 46.1. The Bertz CT molecular complexity index is 5830. The Morgan fingerprint density at radius 1 is 0.518 bits per heavy atom. The number of benzene rings is 8. The summed E-state index contributed by atoms with van der Waals surface area (Å²) >= 11 is 0. The van der Waals surface area contributed by atoms with Gasteiger partial charge in [-0.2, -0.15) is 0 Å². The summed E-state index contributed by atoms with van der Waals surface area (Å²) in [6.45, 7) is -24.4. The van der Waals surface area contributed by atoms with Crippen LogP contribution in [0.4, 0.5) is 0 Å². The van der Waals surface area contributed by atoms with Crippen molar-refractivity contribution >= 4 is 32.8 Å². The van der Waals surface area contributed by atoms with E-state index in [1.165, 1.54) is 16.7 Å². The third-order valence-corrected chi connectivity index (χ3v) is 15.3. The average Bonchev–Trinajstić information content (AvgIpc) is 0.990. The van der Waals surface area contributed by atoms with Crippen molar-refractivity contribution in [2.24, 2.45) is 0 Å². The summed E-state index contributed by atoms with van der Waals surface area (Å²) in [4.78, 5) is 4.81. The highest BCUT2D eigenvalue weighted by molar-refractivity contribution is 6.09. The van der Waals surface area contributed by atoms with Gasteiger partial charge in [-0.25, -0.2) is 4.98 Å². The molecule has 0 atom stereocenters. The number of pyridine rings is 1. The van der Waals surface area contributed by atoms with E-state index in [4.69, 9.17) is 26.2 Å². The quantitative estimate of drug-likeness (QED) is 0.112. The van der Waals surface area contributed by atoms with Crippen LogP contribution in [0.3, 0.4) is 0 Å². The molecule has 0 unspecified atom stereocenters. The van der Waals surface area contributed by atoms with Crippen LogP contribution >= 0.6 is 0 Å². The maximum Gasteiger partial charge on any atom is 0.269 e. The van der Waals surface area contributed by atoms with E-state index in [-0.39, 0.29) is 39.0 Å². The molecule has 0 radical (unpaired) electrons. The molecule has 0 amide bonds. The molecule has 5 nitrogen and oxygen atoms in total. The molecule has 11 aromatic rings. The van der Waals surface area contributed by atoms with Crippen LogP contribution in [0, 0.1) is 6.33 Å². The minimum absolute atomic E-state index is 0.0395. The Balaban J connectivity index is 1.23. The van der Waals surface area contributed by atoms with Crippen molar-refractivity contribution < 1.29 is 61.4 Å². The molecule has 2 aliphatic carbocycles. The van der Waals surface area contributed by atoms with Gasteiger partial charge in [0, 0.05) is 66.9 Å². The summed E-state index contributed by atoms with van der Waals surface area (Å²) in [5.41, 5.74) is -28.0. The molecule has 0 saturated heterocycles. The lowest BCUT2D eigenvalue weighted by molar-refractivity contribution is -0.571. The zero-order chi connectivity index (χ0) is 90.6.